The fraction of sp³-hybridized carbons (Fsp3) is 0. The summed E-state index contributed by atoms with van der Waals surface area (Å²) in [6.45, 7) is 0. The summed E-state index contributed by atoms with van der Waals surface area (Å²) < 4.78 is 19.6. The third kappa shape index (κ3) is 1.96. The first-order valence-corrected chi connectivity index (χ1v) is 3.18. The lowest BCUT2D eigenvalue weighted by atomic mass is 10.7. The van der Waals surface area contributed by atoms with Crippen molar-refractivity contribution in [2.24, 2.45) is 0 Å². The third-order valence-corrected chi connectivity index (χ3v) is 1.41. The Labute approximate surface area is 53.1 Å². The summed E-state index contributed by atoms with van der Waals surface area (Å²) in [4.78, 5) is -0.415. The monoisotopic (exact) mass is 151 g/mol. The first kappa shape index (κ1) is 7.47. The Morgan fingerprint density at radius 3 is 2.25 bits per heavy atom. The zero-order chi connectivity index (χ0) is 6.57. The summed E-state index contributed by atoms with van der Waals surface area (Å²) in [7, 11) is -2.80. The fourth-order valence-corrected chi connectivity index (χ4v) is 0.554. The molecule has 3 nitrogen and oxygen atoms in total. The van der Waals surface area contributed by atoms with E-state index in [4.69, 9.17) is 16.9 Å². The maximum absolute atomic E-state index is 9.82. The van der Waals surface area contributed by atoms with Crippen LogP contribution >= 0.6 is 11.6 Å². The van der Waals surface area contributed by atoms with Crippen molar-refractivity contribution in [3.8, 4) is 6.07 Å². The normalized spacial score (nSPS) is 11.4. The van der Waals surface area contributed by atoms with Crippen LogP contribution in [0.1, 0.15) is 0 Å². The summed E-state index contributed by atoms with van der Waals surface area (Å²) >= 11 is 4.89. The average Bonchev–Trinajstić information content (AvgIpc) is 1.69. The second-order valence-electron chi connectivity index (χ2n) is 0.863. The SMILES string of the molecule is N#CC(=CCl)[SH](=O)=O. The molecule has 0 amide bonds. The molecule has 5 heteroatoms. The Morgan fingerprint density at radius 1 is 1.75 bits per heavy atom. The van der Waals surface area contributed by atoms with Crippen molar-refractivity contribution in [2.45, 2.75) is 0 Å². The van der Waals surface area contributed by atoms with Gasteiger partial charge in [-0.25, -0.2) is 8.42 Å². The standard InChI is InChI=1S/C3H2ClNO2S/c4-1-3(2-5)8(6)7/h1,8H. The van der Waals surface area contributed by atoms with Crippen LogP contribution in [-0.2, 0) is 10.7 Å². The maximum atomic E-state index is 9.82. The molecule has 0 heterocycles. The van der Waals surface area contributed by atoms with Gasteiger partial charge in [0.25, 0.3) is 0 Å². The van der Waals surface area contributed by atoms with E-state index in [1.54, 1.807) is 0 Å². The lowest BCUT2D eigenvalue weighted by Gasteiger charge is -1.72. The quantitative estimate of drug-likeness (QED) is 0.430. The molecule has 0 rings (SSSR count). The summed E-state index contributed by atoms with van der Waals surface area (Å²) in [5.41, 5.74) is 0.728. The second kappa shape index (κ2) is 3.47. The summed E-state index contributed by atoms with van der Waals surface area (Å²) in [5.74, 6) is 0. The highest BCUT2D eigenvalue weighted by molar-refractivity contribution is 7.77. The van der Waals surface area contributed by atoms with E-state index in [2.05, 4.69) is 0 Å². The molecule has 0 radical (unpaired) electrons. The molecule has 0 saturated heterocycles. The van der Waals surface area contributed by atoms with E-state index in [1.807, 2.05) is 0 Å². The van der Waals surface area contributed by atoms with Crippen molar-refractivity contribution in [3.05, 3.63) is 10.4 Å². The van der Waals surface area contributed by atoms with Gasteiger partial charge in [0.05, 0.1) is 0 Å². The average molecular weight is 152 g/mol. The molecule has 0 atom stereocenters. The molecule has 0 N–H and O–H groups in total. The second-order valence-corrected chi connectivity index (χ2v) is 2.08. The number of rotatable bonds is 1. The Bertz CT molecular complexity index is 204. The Morgan fingerprint density at radius 2 is 2.25 bits per heavy atom. The molecular weight excluding hydrogens is 150 g/mol. The lowest BCUT2D eigenvalue weighted by Crippen LogP contribution is -1.76. The minimum absolute atomic E-state index is 0.415. The Kier molecular flexibility index (Phi) is 3.24. The largest absolute Gasteiger partial charge is 0.226 e. The van der Waals surface area contributed by atoms with Crippen molar-refractivity contribution in [1.29, 1.82) is 5.26 Å². The van der Waals surface area contributed by atoms with Crippen LogP contribution in [0.3, 0.4) is 0 Å². The minimum Gasteiger partial charge on any atom is -0.226 e. The van der Waals surface area contributed by atoms with Crippen LogP contribution in [0, 0.1) is 11.3 Å². The van der Waals surface area contributed by atoms with E-state index < -0.39 is 15.6 Å². The number of hydrogen-bond donors (Lipinski definition) is 1. The predicted octanol–water partition coefficient (Wildman–Crippen LogP) is 0.202. The van der Waals surface area contributed by atoms with E-state index in [9.17, 15) is 8.42 Å². The van der Waals surface area contributed by atoms with Crippen molar-refractivity contribution >= 4 is 22.3 Å². The highest BCUT2D eigenvalue weighted by Crippen LogP contribution is 1.93. The zero-order valence-corrected chi connectivity index (χ0v) is 5.32. The summed E-state index contributed by atoms with van der Waals surface area (Å²) in [6, 6.07) is 1.38. The van der Waals surface area contributed by atoms with E-state index in [0.717, 1.165) is 5.54 Å². The Hall–Kier alpha value is -0.530. The van der Waals surface area contributed by atoms with E-state index in [-0.39, 0.29) is 0 Å². The minimum atomic E-state index is -2.80. The number of halogens is 1. The molecule has 0 aromatic rings. The van der Waals surface area contributed by atoms with Gasteiger partial charge >= 0.3 is 0 Å². The van der Waals surface area contributed by atoms with Crippen molar-refractivity contribution in [1.82, 2.24) is 0 Å². The van der Waals surface area contributed by atoms with E-state index >= 15 is 0 Å². The molecule has 0 aromatic heterocycles. The van der Waals surface area contributed by atoms with Gasteiger partial charge in [0.2, 0.25) is 0 Å². The predicted molar refractivity (Wildman–Crippen MR) is 29.9 cm³/mol. The van der Waals surface area contributed by atoms with Gasteiger partial charge in [-0.15, -0.1) is 0 Å². The van der Waals surface area contributed by atoms with Gasteiger partial charge in [0.1, 0.15) is 6.07 Å². The Balaban J connectivity index is 4.46. The van der Waals surface area contributed by atoms with Crippen LogP contribution < -0.4 is 0 Å². The van der Waals surface area contributed by atoms with Crippen LogP contribution in [0.4, 0.5) is 0 Å². The lowest BCUT2D eigenvalue weighted by molar-refractivity contribution is 0.620. The number of hydrogen-bond acceptors (Lipinski definition) is 3. The molecule has 0 unspecified atom stereocenters. The van der Waals surface area contributed by atoms with Gasteiger partial charge < -0.3 is 0 Å². The number of allylic oxidation sites excluding steroid dienone is 1. The van der Waals surface area contributed by atoms with E-state index in [0.29, 0.717) is 0 Å². The van der Waals surface area contributed by atoms with Crippen molar-refractivity contribution in [2.75, 3.05) is 0 Å². The van der Waals surface area contributed by atoms with E-state index in [1.165, 1.54) is 6.07 Å². The first-order valence-electron chi connectivity index (χ1n) is 1.57. The summed E-state index contributed by atoms with van der Waals surface area (Å²) in [6.07, 6.45) is 0. The van der Waals surface area contributed by atoms with Crippen LogP contribution in [0.5, 0.6) is 0 Å². The number of nitriles is 1. The van der Waals surface area contributed by atoms with Gasteiger partial charge in [-0.1, -0.05) is 11.6 Å². The molecule has 0 spiro atoms. The van der Waals surface area contributed by atoms with Gasteiger partial charge in [-0.05, 0) is 0 Å². The topological polar surface area (TPSA) is 57.9 Å². The van der Waals surface area contributed by atoms with Gasteiger partial charge in [0, 0.05) is 5.54 Å². The molecule has 0 aromatic carbocycles. The fourth-order valence-electron chi connectivity index (χ4n) is 0.105. The molecule has 0 saturated carbocycles. The smallest absolute Gasteiger partial charge is 0.179 e. The molecule has 0 aliphatic heterocycles. The summed E-state index contributed by atoms with van der Waals surface area (Å²) in [5, 5.41) is 7.91. The van der Waals surface area contributed by atoms with Gasteiger partial charge in [-0.3, -0.25) is 0 Å². The molecule has 0 fully saturated rings. The zero-order valence-electron chi connectivity index (χ0n) is 3.67. The molecule has 0 aliphatic rings. The molecule has 8 heavy (non-hydrogen) atoms. The van der Waals surface area contributed by atoms with Gasteiger partial charge in [-0.2, -0.15) is 5.26 Å². The van der Waals surface area contributed by atoms with Crippen molar-refractivity contribution in [3.63, 3.8) is 0 Å². The molecule has 0 bridgehead atoms. The third-order valence-electron chi connectivity index (χ3n) is 0.415. The van der Waals surface area contributed by atoms with Crippen LogP contribution in [-0.4, -0.2) is 8.42 Å². The highest BCUT2D eigenvalue weighted by Gasteiger charge is 1.92. The number of thiol groups is 1. The van der Waals surface area contributed by atoms with Crippen LogP contribution in [0.2, 0.25) is 0 Å². The maximum Gasteiger partial charge on any atom is 0.179 e. The molecule has 0 aliphatic carbocycles. The van der Waals surface area contributed by atoms with Gasteiger partial charge in [0.15, 0.2) is 15.6 Å². The highest BCUT2D eigenvalue weighted by atomic mass is 35.5. The molecule has 44 valence electrons. The first-order chi connectivity index (χ1) is 3.72. The van der Waals surface area contributed by atoms with Crippen LogP contribution in [0.15, 0.2) is 10.4 Å². The number of nitrogens with zero attached hydrogens (tertiary/aromatic N) is 1. The molecular formula is C3H2ClNO2S. The van der Waals surface area contributed by atoms with Crippen molar-refractivity contribution < 1.29 is 8.42 Å². The van der Waals surface area contributed by atoms with Crippen LogP contribution in [0.25, 0.3) is 0 Å².